The Morgan fingerprint density at radius 1 is 1.07 bits per heavy atom. The average molecular weight is 378 g/mol. The molecule has 0 saturated heterocycles. The van der Waals surface area contributed by atoms with Crippen LogP contribution in [-0.4, -0.2) is 18.1 Å². The molecule has 1 aromatic carbocycles. The van der Waals surface area contributed by atoms with Crippen molar-refractivity contribution in [2.75, 3.05) is 7.11 Å². The second-order valence-electron chi connectivity index (χ2n) is 9.27. The number of rotatable bonds is 3. The molecule has 3 heteroatoms. The monoisotopic (exact) mass is 377 g/mol. The lowest BCUT2D eigenvalue weighted by Gasteiger charge is -2.42. The van der Waals surface area contributed by atoms with Crippen LogP contribution < -0.4 is 0 Å². The molecule has 2 aromatic rings. The highest BCUT2D eigenvalue weighted by molar-refractivity contribution is 5.88. The number of fused-ring (bicyclic) bond motifs is 1. The first kappa shape index (κ1) is 20.3. The summed E-state index contributed by atoms with van der Waals surface area (Å²) in [6.07, 6.45) is 6.39. The van der Waals surface area contributed by atoms with Crippen LogP contribution in [0, 0.1) is 6.92 Å². The molecule has 3 rings (SSSR count). The lowest BCUT2D eigenvalue weighted by atomic mass is 9.62. The van der Waals surface area contributed by atoms with Crippen LogP contribution in [0.5, 0.6) is 0 Å². The van der Waals surface area contributed by atoms with E-state index in [1.54, 1.807) is 12.3 Å². The largest absolute Gasteiger partial charge is 0.464 e. The first-order chi connectivity index (χ1) is 13.0. The molecular formula is C25H31NO2. The van der Waals surface area contributed by atoms with Gasteiger partial charge in [-0.1, -0.05) is 52.0 Å². The van der Waals surface area contributed by atoms with Gasteiger partial charge in [0, 0.05) is 6.20 Å². The van der Waals surface area contributed by atoms with Crippen LogP contribution in [-0.2, 0) is 15.6 Å². The van der Waals surface area contributed by atoms with Crippen molar-refractivity contribution in [3.05, 3.63) is 64.0 Å². The summed E-state index contributed by atoms with van der Waals surface area (Å²) in [7, 11) is 1.37. The lowest BCUT2D eigenvalue weighted by Crippen LogP contribution is -2.34. The standard InChI is InChI=1S/C25H31NO2/c1-16(18-8-9-22(26-15-18)23(27)28-7)12-19-14-21-20(13-17(19)2)24(3,4)10-11-25(21,5)6/h8-9,12-15H,10-11H2,1-7H3/b16-12+. The third kappa shape index (κ3) is 3.76. The zero-order valence-electron chi connectivity index (χ0n) is 18.1. The summed E-state index contributed by atoms with van der Waals surface area (Å²) in [5.41, 5.74) is 8.37. The van der Waals surface area contributed by atoms with Crippen LogP contribution in [0.25, 0.3) is 11.6 Å². The van der Waals surface area contributed by atoms with Gasteiger partial charge in [-0.25, -0.2) is 9.78 Å². The molecule has 0 bridgehead atoms. The molecule has 1 aliphatic carbocycles. The molecule has 0 atom stereocenters. The van der Waals surface area contributed by atoms with Gasteiger partial charge < -0.3 is 4.74 Å². The smallest absolute Gasteiger partial charge is 0.356 e. The molecule has 1 heterocycles. The van der Waals surface area contributed by atoms with Crippen LogP contribution >= 0.6 is 0 Å². The fraction of sp³-hybridized carbons (Fsp3) is 0.440. The summed E-state index contributed by atoms with van der Waals surface area (Å²) in [5, 5.41) is 0. The van der Waals surface area contributed by atoms with Gasteiger partial charge in [-0.15, -0.1) is 0 Å². The molecule has 0 spiro atoms. The Morgan fingerprint density at radius 2 is 1.68 bits per heavy atom. The van der Waals surface area contributed by atoms with Gasteiger partial charge >= 0.3 is 5.97 Å². The van der Waals surface area contributed by atoms with E-state index in [2.05, 4.69) is 64.7 Å². The Balaban J connectivity index is 2.01. The molecule has 0 aliphatic heterocycles. The zero-order valence-corrected chi connectivity index (χ0v) is 18.1. The highest BCUT2D eigenvalue weighted by Crippen LogP contribution is 2.46. The van der Waals surface area contributed by atoms with Gasteiger partial charge in [0.05, 0.1) is 7.11 Å². The first-order valence-corrected chi connectivity index (χ1v) is 9.94. The van der Waals surface area contributed by atoms with Gasteiger partial charge in [0.25, 0.3) is 0 Å². The number of allylic oxidation sites excluding steroid dienone is 1. The average Bonchev–Trinajstić information content (AvgIpc) is 2.66. The SMILES string of the molecule is COC(=O)c1ccc(/C(C)=C/c2cc3c(cc2C)C(C)(C)CCC3(C)C)cn1. The van der Waals surface area contributed by atoms with Crippen molar-refractivity contribution in [1.29, 1.82) is 0 Å². The van der Waals surface area contributed by atoms with Gasteiger partial charge in [-0.05, 0) is 77.0 Å². The molecule has 1 aromatic heterocycles. The van der Waals surface area contributed by atoms with Gasteiger partial charge in [0.15, 0.2) is 0 Å². The van der Waals surface area contributed by atoms with E-state index in [1.165, 1.54) is 42.2 Å². The maximum absolute atomic E-state index is 11.6. The van der Waals surface area contributed by atoms with Crippen molar-refractivity contribution >= 4 is 17.6 Å². The molecule has 28 heavy (non-hydrogen) atoms. The fourth-order valence-electron chi connectivity index (χ4n) is 4.06. The molecule has 1 aliphatic rings. The number of hydrogen-bond acceptors (Lipinski definition) is 3. The molecule has 0 unspecified atom stereocenters. The predicted octanol–water partition coefficient (Wildman–Crippen LogP) is 6.09. The minimum Gasteiger partial charge on any atom is -0.464 e. The van der Waals surface area contributed by atoms with Crippen LogP contribution in [0.15, 0.2) is 30.5 Å². The number of carbonyl (C=O) groups excluding carboxylic acids is 1. The normalized spacial score (nSPS) is 17.8. The second kappa shape index (κ2) is 7.20. The molecule has 0 N–H and O–H groups in total. The molecule has 3 nitrogen and oxygen atoms in total. The Labute approximate surface area is 168 Å². The van der Waals surface area contributed by atoms with E-state index in [0.717, 1.165) is 11.1 Å². The van der Waals surface area contributed by atoms with Crippen molar-refractivity contribution in [3.8, 4) is 0 Å². The number of hydrogen-bond donors (Lipinski definition) is 0. The van der Waals surface area contributed by atoms with Gasteiger partial charge in [0.2, 0.25) is 0 Å². The van der Waals surface area contributed by atoms with Crippen molar-refractivity contribution < 1.29 is 9.53 Å². The quantitative estimate of drug-likeness (QED) is 0.608. The van der Waals surface area contributed by atoms with Crippen molar-refractivity contribution in [1.82, 2.24) is 4.98 Å². The number of aryl methyl sites for hydroxylation is 1. The van der Waals surface area contributed by atoms with Crippen LogP contribution in [0.1, 0.15) is 85.8 Å². The van der Waals surface area contributed by atoms with Crippen molar-refractivity contribution in [2.24, 2.45) is 0 Å². The highest BCUT2D eigenvalue weighted by atomic mass is 16.5. The van der Waals surface area contributed by atoms with E-state index in [4.69, 9.17) is 4.74 Å². The van der Waals surface area contributed by atoms with E-state index in [-0.39, 0.29) is 10.8 Å². The number of carbonyl (C=O) groups is 1. The summed E-state index contributed by atoms with van der Waals surface area (Å²) < 4.78 is 4.72. The highest BCUT2D eigenvalue weighted by Gasteiger charge is 2.37. The Morgan fingerprint density at radius 3 is 2.21 bits per heavy atom. The van der Waals surface area contributed by atoms with Crippen LogP contribution in [0.4, 0.5) is 0 Å². The van der Waals surface area contributed by atoms with E-state index in [9.17, 15) is 4.79 Å². The Hall–Kier alpha value is -2.42. The molecule has 0 radical (unpaired) electrons. The Kier molecular flexibility index (Phi) is 5.22. The summed E-state index contributed by atoms with van der Waals surface area (Å²) in [6, 6.07) is 8.40. The van der Waals surface area contributed by atoms with E-state index in [0.29, 0.717) is 5.69 Å². The van der Waals surface area contributed by atoms with E-state index < -0.39 is 5.97 Å². The molecule has 0 fully saturated rings. The van der Waals surface area contributed by atoms with Crippen LogP contribution in [0.2, 0.25) is 0 Å². The predicted molar refractivity (Wildman–Crippen MR) is 116 cm³/mol. The maximum Gasteiger partial charge on any atom is 0.356 e. The fourth-order valence-corrected chi connectivity index (χ4v) is 4.06. The third-order valence-corrected chi connectivity index (χ3v) is 6.22. The van der Waals surface area contributed by atoms with Gasteiger partial charge in [0.1, 0.15) is 5.69 Å². The number of aromatic nitrogens is 1. The third-order valence-electron chi connectivity index (χ3n) is 6.22. The topological polar surface area (TPSA) is 39.2 Å². The van der Waals surface area contributed by atoms with E-state index in [1.807, 2.05) is 6.07 Å². The minimum absolute atomic E-state index is 0.193. The second-order valence-corrected chi connectivity index (χ2v) is 9.27. The van der Waals surface area contributed by atoms with E-state index >= 15 is 0 Å². The number of pyridine rings is 1. The zero-order chi connectivity index (χ0) is 20.7. The minimum atomic E-state index is -0.413. The maximum atomic E-state index is 11.6. The number of esters is 1. The van der Waals surface area contributed by atoms with Crippen molar-refractivity contribution in [2.45, 2.75) is 65.2 Å². The van der Waals surface area contributed by atoms with Crippen LogP contribution in [0.3, 0.4) is 0 Å². The summed E-state index contributed by atoms with van der Waals surface area (Å²) >= 11 is 0. The molecular weight excluding hydrogens is 346 g/mol. The summed E-state index contributed by atoms with van der Waals surface area (Å²) in [5.74, 6) is -0.413. The van der Waals surface area contributed by atoms with Crippen molar-refractivity contribution in [3.63, 3.8) is 0 Å². The van der Waals surface area contributed by atoms with Gasteiger partial charge in [-0.3, -0.25) is 0 Å². The number of benzene rings is 1. The molecule has 0 saturated carbocycles. The van der Waals surface area contributed by atoms with Gasteiger partial charge in [-0.2, -0.15) is 0 Å². The number of ether oxygens (including phenoxy) is 1. The molecule has 148 valence electrons. The summed E-state index contributed by atoms with van der Waals surface area (Å²) in [6.45, 7) is 13.7. The number of methoxy groups -OCH3 is 1. The lowest BCUT2D eigenvalue weighted by molar-refractivity contribution is 0.0594. The summed E-state index contributed by atoms with van der Waals surface area (Å²) in [4.78, 5) is 15.8. The first-order valence-electron chi connectivity index (χ1n) is 9.94. The number of nitrogens with zero attached hydrogens (tertiary/aromatic N) is 1. The Bertz CT molecular complexity index is 934. The molecule has 0 amide bonds.